The van der Waals surface area contributed by atoms with E-state index in [0.717, 1.165) is 28.3 Å². The maximum absolute atomic E-state index is 12.5. The number of hydrogen-bond acceptors (Lipinski definition) is 3. The van der Waals surface area contributed by atoms with Crippen LogP contribution in [0.1, 0.15) is 33.2 Å². The predicted molar refractivity (Wildman–Crippen MR) is 107 cm³/mol. The summed E-state index contributed by atoms with van der Waals surface area (Å²) in [4.78, 5) is 25.8. The van der Waals surface area contributed by atoms with Crippen molar-refractivity contribution in [1.29, 1.82) is 0 Å². The monoisotopic (exact) mass is 379 g/mol. The zero-order valence-corrected chi connectivity index (χ0v) is 15.5. The summed E-state index contributed by atoms with van der Waals surface area (Å²) in [5.74, 6) is -0.616. The first kappa shape index (κ1) is 16.9. The molecular weight excluding hydrogens is 366 g/mol. The van der Waals surface area contributed by atoms with E-state index < -0.39 is 0 Å². The van der Waals surface area contributed by atoms with Crippen LogP contribution in [0.3, 0.4) is 0 Å². The van der Waals surface area contributed by atoms with Crippen LogP contribution in [0.15, 0.2) is 71.6 Å². The van der Waals surface area contributed by atoms with E-state index in [-0.39, 0.29) is 11.8 Å². The normalized spacial score (nSPS) is 14.6. The Hall–Kier alpha value is -2.56. The van der Waals surface area contributed by atoms with Gasteiger partial charge in [-0.05, 0) is 41.8 Å². The molecule has 0 saturated heterocycles. The van der Waals surface area contributed by atoms with Gasteiger partial charge in [0, 0.05) is 10.5 Å². The van der Waals surface area contributed by atoms with Crippen LogP contribution in [0, 0.1) is 0 Å². The van der Waals surface area contributed by atoms with Crippen LogP contribution in [0.2, 0.25) is 0 Å². The molecular formula is C21H14ClNO2S. The van der Waals surface area contributed by atoms with Gasteiger partial charge in [-0.25, -0.2) is 4.31 Å². The number of carbonyl (C=O) groups excluding carboxylic acids is 2. The van der Waals surface area contributed by atoms with Crippen molar-refractivity contribution in [2.45, 2.75) is 6.92 Å². The van der Waals surface area contributed by atoms with Crippen molar-refractivity contribution in [3.05, 3.63) is 88.3 Å². The van der Waals surface area contributed by atoms with Gasteiger partial charge in [0.2, 0.25) is 0 Å². The average Bonchev–Trinajstić information content (AvgIpc) is 2.92. The van der Waals surface area contributed by atoms with Gasteiger partial charge in [0.25, 0.3) is 11.8 Å². The van der Waals surface area contributed by atoms with Gasteiger partial charge in [0.05, 0.1) is 16.2 Å². The Morgan fingerprint density at radius 1 is 0.846 bits per heavy atom. The van der Waals surface area contributed by atoms with E-state index in [9.17, 15) is 9.59 Å². The zero-order chi connectivity index (χ0) is 18.3. The number of imide groups is 1. The summed E-state index contributed by atoms with van der Waals surface area (Å²) in [5.41, 5.74) is 1.74. The third kappa shape index (κ3) is 2.71. The lowest BCUT2D eigenvalue weighted by Crippen LogP contribution is -2.22. The molecule has 1 aliphatic heterocycles. The highest BCUT2D eigenvalue weighted by Gasteiger charge is 2.36. The molecule has 5 heteroatoms. The molecule has 0 aliphatic carbocycles. The lowest BCUT2D eigenvalue weighted by molar-refractivity contribution is 0.0777. The predicted octanol–water partition coefficient (Wildman–Crippen LogP) is 5.71. The molecule has 1 heterocycles. The summed E-state index contributed by atoms with van der Waals surface area (Å²) in [6.45, 7) is 1.82. The summed E-state index contributed by atoms with van der Waals surface area (Å²) >= 11 is 7.70. The molecule has 0 bridgehead atoms. The molecule has 0 N–H and O–H groups in total. The number of amides is 2. The zero-order valence-electron chi connectivity index (χ0n) is 13.9. The van der Waals surface area contributed by atoms with E-state index in [2.05, 4.69) is 0 Å². The third-order valence-electron chi connectivity index (χ3n) is 4.32. The van der Waals surface area contributed by atoms with Crippen LogP contribution >= 0.6 is 23.5 Å². The van der Waals surface area contributed by atoms with Crippen molar-refractivity contribution in [2.24, 2.45) is 0 Å². The quantitative estimate of drug-likeness (QED) is 0.432. The van der Waals surface area contributed by atoms with Crippen molar-refractivity contribution in [2.75, 3.05) is 0 Å². The Bertz CT molecular complexity index is 1050. The Kier molecular flexibility index (Phi) is 4.31. The number of carbonyl (C=O) groups is 2. The van der Waals surface area contributed by atoms with E-state index in [1.807, 2.05) is 49.4 Å². The Balaban J connectivity index is 1.70. The smallest absolute Gasteiger partial charge is 0.268 e. The van der Waals surface area contributed by atoms with Crippen molar-refractivity contribution in [3.8, 4) is 0 Å². The molecule has 2 amide bonds. The molecule has 0 radical (unpaired) electrons. The molecule has 0 saturated carbocycles. The molecule has 0 aromatic heterocycles. The fourth-order valence-corrected chi connectivity index (χ4v) is 4.13. The molecule has 0 fully saturated rings. The molecule has 0 spiro atoms. The number of hydrogen-bond donors (Lipinski definition) is 0. The molecule has 3 aromatic rings. The first-order valence-electron chi connectivity index (χ1n) is 8.08. The van der Waals surface area contributed by atoms with Crippen LogP contribution in [0.25, 0.3) is 15.8 Å². The maximum Gasteiger partial charge on any atom is 0.272 e. The lowest BCUT2D eigenvalue weighted by Gasteiger charge is -2.14. The minimum absolute atomic E-state index is 0.308. The van der Waals surface area contributed by atoms with E-state index >= 15 is 0 Å². The molecule has 1 aliphatic rings. The van der Waals surface area contributed by atoms with Gasteiger partial charge in [0.15, 0.2) is 0 Å². The van der Waals surface area contributed by atoms with Crippen molar-refractivity contribution >= 4 is 51.2 Å². The molecule has 0 atom stereocenters. The Morgan fingerprint density at radius 3 is 2.12 bits per heavy atom. The first-order chi connectivity index (χ1) is 12.6. The average molecular weight is 380 g/mol. The third-order valence-corrected chi connectivity index (χ3v) is 5.91. The van der Waals surface area contributed by atoms with Crippen molar-refractivity contribution < 1.29 is 9.59 Å². The van der Waals surface area contributed by atoms with Crippen molar-refractivity contribution in [1.82, 2.24) is 4.31 Å². The van der Waals surface area contributed by atoms with E-state index in [4.69, 9.17) is 11.6 Å². The SMILES string of the molecule is C/C(SN1C(=O)c2ccccc2C1=O)=C(\Cl)c1cccc2ccccc12. The number of nitrogens with zero attached hydrogens (tertiary/aromatic N) is 1. The molecule has 128 valence electrons. The van der Waals surface area contributed by atoms with E-state index in [1.54, 1.807) is 24.3 Å². The van der Waals surface area contributed by atoms with E-state index in [1.165, 1.54) is 4.31 Å². The summed E-state index contributed by atoms with van der Waals surface area (Å²) in [7, 11) is 0. The molecule has 26 heavy (non-hydrogen) atoms. The highest BCUT2D eigenvalue weighted by Crippen LogP contribution is 2.38. The molecule has 0 unspecified atom stereocenters. The second-order valence-electron chi connectivity index (χ2n) is 5.94. The number of benzene rings is 3. The number of allylic oxidation sites excluding steroid dienone is 1. The lowest BCUT2D eigenvalue weighted by atomic mass is 10.0. The maximum atomic E-state index is 12.5. The Labute approximate surface area is 160 Å². The van der Waals surface area contributed by atoms with Crippen LogP contribution in [-0.4, -0.2) is 16.1 Å². The van der Waals surface area contributed by atoms with Crippen LogP contribution < -0.4 is 0 Å². The number of rotatable bonds is 3. The molecule has 4 rings (SSSR count). The fourth-order valence-electron chi connectivity index (χ4n) is 3.03. The fraction of sp³-hybridized carbons (Fsp3) is 0.0476. The largest absolute Gasteiger partial charge is 0.272 e. The highest BCUT2D eigenvalue weighted by atomic mass is 35.5. The summed E-state index contributed by atoms with van der Waals surface area (Å²) in [6.07, 6.45) is 0. The van der Waals surface area contributed by atoms with Gasteiger partial charge in [-0.3, -0.25) is 9.59 Å². The second-order valence-corrected chi connectivity index (χ2v) is 7.48. The summed E-state index contributed by atoms with van der Waals surface area (Å²) in [6, 6.07) is 20.7. The standard InChI is InChI=1S/C21H14ClNO2S/c1-13(19(22)16-12-6-8-14-7-2-3-9-15(14)16)26-23-20(24)17-10-4-5-11-18(17)21(23)25/h2-12H,1H3/b19-13+. The van der Waals surface area contributed by atoms with Gasteiger partial charge in [0.1, 0.15) is 0 Å². The van der Waals surface area contributed by atoms with Crippen LogP contribution in [-0.2, 0) is 0 Å². The summed E-state index contributed by atoms with van der Waals surface area (Å²) in [5, 5.41) is 2.65. The molecule has 3 nitrogen and oxygen atoms in total. The van der Waals surface area contributed by atoms with E-state index in [0.29, 0.717) is 21.1 Å². The molecule has 3 aromatic carbocycles. The number of halogens is 1. The van der Waals surface area contributed by atoms with Gasteiger partial charge in [-0.15, -0.1) is 0 Å². The minimum Gasteiger partial charge on any atom is -0.268 e. The number of fused-ring (bicyclic) bond motifs is 2. The van der Waals surface area contributed by atoms with Crippen LogP contribution in [0.5, 0.6) is 0 Å². The first-order valence-corrected chi connectivity index (χ1v) is 9.23. The second kappa shape index (κ2) is 6.63. The van der Waals surface area contributed by atoms with Gasteiger partial charge < -0.3 is 0 Å². The Morgan fingerprint density at radius 2 is 1.42 bits per heavy atom. The minimum atomic E-state index is -0.308. The van der Waals surface area contributed by atoms with Gasteiger partial charge >= 0.3 is 0 Å². The van der Waals surface area contributed by atoms with Crippen molar-refractivity contribution in [3.63, 3.8) is 0 Å². The summed E-state index contributed by atoms with van der Waals surface area (Å²) < 4.78 is 1.17. The topological polar surface area (TPSA) is 37.4 Å². The van der Waals surface area contributed by atoms with Gasteiger partial charge in [-0.2, -0.15) is 0 Å². The van der Waals surface area contributed by atoms with Gasteiger partial charge in [-0.1, -0.05) is 66.2 Å². The highest BCUT2D eigenvalue weighted by molar-refractivity contribution is 8.02. The van der Waals surface area contributed by atoms with Crippen LogP contribution in [0.4, 0.5) is 0 Å².